The van der Waals surface area contributed by atoms with E-state index in [1.807, 2.05) is 18.4 Å². The molecule has 0 aliphatic carbocycles. The molecule has 3 aromatic carbocycles. The van der Waals surface area contributed by atoms with E-state index in [0.29, 0.717) is 0 Å². The van der Waals surface area contributed by atoms with Gasteiger partial charge in [0.15, 0.2) is 6.54 Å². The fourth-order valence-corrected chi connectivity index (χ4v) is 10.00. The van der Waals surface area contributed by atoms with Crippen molar-refractivity contribution in [3.8, 4) is 0 Å². The number of likely N-dealkylation sites (N-methyl/N-ethyl adjacent to an activating group) is 1. The smallest absolute Gasteiger partial charge is 0.262 e. The molecule has 0 amide bonds. The summed E-state index contributed by atoms with van der Waals surface area (Å²) in [4.78, 5) is 5.75. The SMILES string of the molecule is C=C1Sc2ccccc2N1C.CCC[N+](C)(C)CCC[N+](C)(C)CCCCC[n+]1c(C=CC=CC=C2N(C)c3ccccc3C2(C)C)sc2ccccc21.I.[I-].[I-].[I-]. The van der Waals surface area contributed by atoms with E-state index in [1.165, 1.54) is 101 Å². The quantitative estimate of drug-likeness (QED) is 0.0598. The Morgan fingerprint density at radius 1 is 0.707 bits per heavy atom. The van der Waals surface area contributed by atoms with Crippen LogP contribution in [0.25, 0.3) is 16.3 Å². The number of nitrogens with zero attached hydrogens (tertiary/aromatic N) is 5. The van der Waals surface area contributed by atoms with Gasteiger partial charge in [-0.25, -0.2) is 0 Å². The maximum atomic E-state index is 3.94. The molecule has 0 atom stereocenters. The van der Waals surface area contributed by atoms with Crippen LogP contribution in [0.2, 0.25) is 0 Å². The van der Waals surface area contributed by atoms with E-state index >= 15 is 0 Å². The number of fused-ring (bicyclic) bond motifs is 3. The highest BCUT2D eigenvalue weighted by atomic mass is 127. The summed E-state index contributed by atoms with van der Waals surface area (Å²) in [5, 5.41) is 2.43. The van der Waals surface area contributed by atoms with E-state index in [9.17, 15) is 0 Å². The molecule has 2 aliphatic rings. The predicted molar refractivity (Wildman–Crippen MR) is 254 cm³/mol. The van der Waals surface area contributed by atoms with Gasteiger partial charge in [-0.1, -0.05) is 111 Å². The second-order valence-corrected chi connectivity index (χ2v) is 18.9. The Bertz CT molecular complexity index is 1980. The number of anilines is 2. The van der Waals surface area contributed by atoms with Gasteiger partial charge in [0, 0.05) is 60.8 Å². The first-order valence-electron chi connectivity index (χ1n) is 19.9. The average Bonchev–Trinajstić information content (AvgIpc) is 3.70. The number of allylic oxidation sites excluding steroid dienone is 5. The first kappa shape index (κ1) is 55.3. The zero-order chi connectivity index (χ0) is 38.9. The summed E-state index contributed by atoms with van der Waals surface area (Å²) in [5.41, 5.74) is 6.66. The molecule has 0 spiro atoms. The summed E-state index contributed by atoms with van der Waals surface area (Å²) in [6, 6.07) is 25.9. The first-order chi connectivity index (χ1) is 25.7. The first-order valence-corrected chi connectivity index (χ1v) is 21.5. The normalized spacial score (nSPS) is 15.1. The third-order valence-corrected chi connectivity index (χ3v) is 13.3. The summed E-state index contributed by atoms with van der Waals surface area (Å²) in [5.74, 6) is 0. The number of hydrogen-bond acceptors (Lipinski definition) is 4. The van der Waals surface area contributed by atoms with Crippen molar-refractivity contribution < 1.29 is 85.5 Å². The number of thioether (sulfide) groups is 1. The molecule has 3 heterocycles. The van der Waals surface area contributed by atoms with Gasteiger partial charge in [0.2, 0.25) is 5.52 Å². The maximum Gasteiger partial charge on any atom is 0.262 e. The van der Waals surface area contributed by atoms with Crippen LogP contribution in [0, 0.1) is 0 Å². The molecule has 1 aromatic heterocycles. The lowest BCUT2D eigenvalue weighted by Crippen LogP contribution is -3.00. The summed E-state index contributed by atoms with van der Waals surface area (Å²) in [6.45, 7) is 17.0. The van der Waals surface area contributed by atoms with Crippen LogP contribution in [-0.4, -0.2) is 77.4 Å². The summed E-state index contributed by atoms with van der Waals surface area (Å²) in [6.07, 6.45) is 17.5. The van der Waals surface area contributed by atoms with Crippen molar-refractivity contribution in [2.45, 2.75) is 69.7 Å². The van der Waals surface area contributed by atoms with Crippen LogP contribution in [-0.2, 0) is 12.0 Å². The van der Waals surface area contributed by atoms with Crippen molar-refractivity contribution in [2.75, 3.05) is 78.3 Å². The molecule has 2 aliphatic heterocycles. The number of quaternary nitrogens is 2. The van der Waals surface area contributed by atoms with Crippen molar-refractivity contribution in [1.29, 1.82) is 0 Å². The van der Waals surface area contributed by atoms with Gasteiger partial charge in [-0.05, 0) is 55.2 Å². The number of benzene rings is 3. The highest BCUT2D eigenvalue weighted by Crippen LogP contribution is 2.46. The van der Waals surface area contributed by atoms with Crippen molar-refractivity contribution in [3.05, 3.63) is 125 Å². The average molecular weight is 1270 g/mol. The van der Waals surface area contributed by atoms with Crippen LogP contribution in [0.1, 0.15) is 63.4 Å². The minimum absolute atomic E-state index is 0. The molecule has 0 unspecified atom stereocenters. The van der Waals surface area contributed by atoms with Crippen molar-refractivity contribution in [3.63, 3.8) is 0 Å². The molecule has 0 bridgehead atoms. The summed E-state index contributed by atoms with van der Waals surface area (Å²) < 4.78 is 6.18. The maximum absolute atomic E-state index is 3.94. The molecule has 0 N–H and O–H groups in total. The van der Waals surface area contributed by atoms with Gasteiger partial charge < -0.3 is 90.7 Å². The van der Waals surface area contributed by atoms with Crippen LogP contribution >= 0.6 is 47.1 Å². The van der Waals surface area contributed by atoms with Gasteiger partial charge in [-0.3, -0.25) is 0 Å². The Kier molecular flexibility index (Phi) is 24.2. The molecular weight excluding hydrogens is 1210 g/mol. The Hall–Kier alpha value is -0.700. The second-order valence-electron chi connectivity index (χ2n) is 16.8. The fourth-order valence-electron chi connectivity index (χ4n) is 7.95. The van der Waals surface area contributed by atoms with Crippen molar-refractivity contribution in [1.82, 2.24) is 0 Å². The molecule has 320 valence electrons. The highest BCUT2D eigenvalue weighted by molar-refractivity contribution is 14.0. The second kappa shape index (κ2) is 25.4. The van der Waals surface area contributed by atoms with Crippen LogP contribution in [0.4, 0.5) is 11.4 Å². The monoisotopic (exact) mass is 1270 g/mol. The highest BCUT2D eigenvalue weighted by Gasteiger charge is 2.37. The molecule has 11 heteroatoms. The lowest BCUT2D eigenvalue weighted by Gasteiger charge is -2.33. The topological polar surface area (TPSA) is 10.4 Å². The third kappa shape index (κ3) is 14.7. The van der Waals surface area contributed by atoms with E-state index in [1.54, 1.807) is 11.8 Å². The standard InChI is InChI=1S/C38H57N4S.C9H9NS.4HI/c1-9-28-41(5,6)30-20-31-42(7,8)29-19-11-18-27-40-34-23-16-17-24-35(34)43-37(40)26-13-10-12-25-36-38(2,3)32-21-14-15-22-33(32)39(36)4;1-7-10(2)8-5-3-4-6-9(8)11-7;;;;/h10,12-17,21-26H,9,11,18-20,27-31H2,1-8H3;3-6H,1H2,2H3;4*1H/q+3;;;;;/p-3. The molecular formula is C47H67I4N5S2. The van der Waals surface area contributed by atoms with Gasteiger partial charge in [0.25, 0.3) is 5.01 Å². The number of aromatic nitrogens is 1. The Morgan fingerprint density at radius 3 is 1.98 bits per heavy atom. The number of halogens is 4. The Balaban J connectivity index is 0.000000963. The van der Waals surface area contributed by atoms with Gasteiger partial charge in [0.1, 0.15) is 4.70 Å². The number of rotatable bonds is 15. The minimum Gasteiger partial charge on any atom is -1.00 e. The molecule has 58 heavy (non-hydrogen) atoms. The van der Waals surface area contributed by atoms with E-state index in [0.717, 1.165) is 20.5 Å². The van der Waals surface area contributed by atoms with Gasteiger partial charge in [0.05, 0.1) is 65.1 Å². The van der Waals surface area contributed by atoms with Gasteiger partial charge in [-0.15, -0.1) is 24.0 Å². The Morgan fingerprint density at radius 2 is 1.31 bits per heavy atom. The number of unbranched alkanes of at least 4 members (excludes halogenated alkanes) is 2. The van der Waals surface area contributed by atoms with E-state index < -0.39 is 0 Å². The van der Waals surface area contributed by atoms with E-state index in [-0.39, 0.29) is 101 Å². The molecule has 5 nitrogen and oxygen atoms in total. The molecule has 4 aromatic rings. The van der Waals surface area contributed by atoms with E-state index in [4.69, 9.17) is 0 Å². The molecule has 6 rings (SSSR count). The summed E-state index contributed by atoms with van der Waals surface area (Å²) >= 11 is 3.63. The van der Waals surface area contributed by atoms with Gasteiger partial charge >= 0.3 is 0 Å². The van der Waals surface area contributed by atoms with Crippen LogP contribution in [0.15, 0.2) is 119 Å². The number of thiazole rings is 1. The van der Waals surface area contributed by atoms with Crippen molar-refractivity contribution in [2.24, 2.45) is 0 Å². The number of aryl methyl sites for hydroxylation is 1. The molecule has 0 saturated carbocycles. The van der Waals surface area contributed by atoms with Crippen molar-refractivity contribution >= 4 is 74.7 Å². The van der Waals surface area contributed by atoms with E-state index in [2.05, 4.69) is 180 Å². The number of hydrogen-bond donors (Lipinski definition) is 0. The number of para-hydroxylation sites is 3. The predicted octanol–water partition coefficient (Wildman–Crippen LogP) is 2.52. The van der Waals surface area contributed by atoms with Crippen LogP contribution < -0.4 is 86.3 Å². The molecule has 0 fully saturated rings. The molecule has 0 radical (unpaired) electrons. The van der Waals surface area contributed by atoms with Gasteiger partial charge in [-0.2, -0.15) is 4.57 Å². The zero-order valence-corrected chi connectivity index (χ0v) is 46.6. The zero-order valence-electron chi connectivity index (χ0n) is 36.2. The van der Waals surface area contributed by atoms with Crippen LogP contribution in [0.5, 0.6) is 0 Å². The lowest BCUT2D eigenvalue weighted by molar-refractivity contribution is -0.909. The largest absolute Gasteiger partial charge is 1.00 e. The fraction of sp³-hybridized carbons (Fsp3) is 0.426. The molecule has 0 saturated heterocycles. The minimum atomic E-state index is 0. The van der Waals surface area contributed by atoms with Crippen LogP contribution in [0.3, 0.4) is 0 Å². The lowest BCUT2D eigenvalue weighted by atomic mass is 9.84. The third-order valence-electron chi connectivity index (χ3n) is 11.1. The summed E-state index contributed by atoms with van der Waals surface area (Å²) in [7, 11) is 13.8. The Labute approximate surface area is 428 Å².